The molecule has 0 fully saturated rings. The van der Waals surface area contributed by atoms with Gasteiger partial charge in [-0.2, -0.15) is 0 Å². The van der Waals surface area contributed by atoms with E-state index in [4.69, 9.17) is 0 Å². The average molecular weight is 528 g/mol. The van der Waals surface area contributed by atoms with Crippen LogP contribution in [0, 0.1) is 11.7 Å². The molecule has 150 valence electrons. The fourth-order valence-corrected chi connectivity index (χ4v) is 7.19. The first kappa shape index (κ1) is 18.6. The second-order valence-electron chi connectivity index (χ2n) is 8.23. The predicted molar refractivity (Wildman–Crippen MR) is 123 cm³/mol. The van der Waals surface area contributed by atoms with Crippen molar-refractivity contribution in [1.29, 1.82) is 0 Å². The largest absolute Gasteiger partial charge is 0.329 e. The summed E-state index contributed by atoms with van der Waals surface area (Å²) < 4.78 is 16.2. The lowest BCUT2D eigenvalue weighted by atomic mass is 9.73. The number of carbonyl (C=O) groups is 1. The summed E-state index contributed by atoms with van der Waals surface area (Å²) in [6, 6.07) is 17.1. The van der Waals surface area contributed by atoms with Gasteiger partial charge in [-0.1, -0.05) is 40.2 Å². The maximum atomic E-state index is 14.3. The zero-order valence-corrected chi connectivity index (χ0v) is 19.2. The Labute approximate surface area is 190 Å². The third kappa shape index (κ3) is 2.38. The first-order valence-electron chi connectivity index (χ1n) is 9.89. The van der Waals surface area contributed by atoms with Crippen LogP contribution in [0.4, 0.5) is 20.6 Å². The van der Waals surface area contributed by atoms with E-state index in [1.54, 1.807) is 24.1 Å². The molecule has 0 spiro atoms. The Balaban J connectivity index is 1.67. The first-order chi connectivity index (χ1) is 14.5. The molecular formula is C24H17Br2FN2O. The van der Waals surface area contributed by atoms with Gasteiger partial charge < -0.3 is 0 Å². The Hall–Kier alpha value is -2.18. The lowest BCUT2D eigenvalue weighted by Crippen LogP contribution is -2.53. The highest BCUT2D eigenvalue weighted by molar-refractivity contribution is 9.11. The van der Waals surface area contributed by atoms with Gasteiger partial charge >= 0.3 is 6.03 Å². The smallest absolute Gasteiger partial charge is 0.296 e. The molecule has 6 heteroatoms. The van der Waals surface area contributed by atoms with E-state index < -0.39 is 0 Å². The van der Waals surface area contributed by atoms with Crippen LogP contribution in [0.2, 0.25) is 0 Å². The minimum atomic E-state index is -0.265. The van der Waals surface area contributed by atoms with Crippen LogP contribution >= 0.6 is 31.9 Å². The molecule has 0 radical (unpaired) electrons. The van der Waals surface area contributed by atoms with Crippen LogP contribution in [0.25, 0.3) is 0 Å². The summed E-state index contributed by atoms with van der Waals surface area (Å²) in [4.78, 5) is 17.2. The van der Waals surface area contributed by atoms with E-state index in [0.29, 0.717) is 0 Å². The van der Waals surface area contributed by atoms with Gasteiger partial charge in [-0.25, -0.2) is 9.18 Å². The van der Waals surface area contributed by atoms with Gasteiger partial charge in [0.05, 0.1) is 17.4 Å². The number of benzene rings is 3. The molecule has 0 N–H and O–H groups in total. The van der Waals surface area contributed by atoms with Crippen molar-refractivity contribution >= 4 is 49.3 Å². The molecule has 6 rings (SSSR count). The number of hydrogen-bond acceptors (Lipinski definition) is 1. The van der Waals surface area contributed by atoms with Gasteiger partial charge in [-0.3, -0.25) is 9.80 Å². The van der Waals surface area contributed by atoms with Crippen molar-refractivity contribution in [2.24, 2.45) is 5.92 Å². The molecular weight excluding hydrogens is 511 g/mol. The van der Waals surface area contributed by atoms with Crippen LogP contribution in [0.3, 0.4) is 0 Å². The van der Waals surface area contributed by atoms with Crippen molar-refractivity contribution in [2.45, 2.75) is 18.4 Å². The van der Waals surface area contributed by atoms with Gasteiger partial charge in [-0.05, 0) is 75.3 Å². The second kappa shape index (κ2) is 6.41. The van der Waals surface area contributed by atoms with Gasteiger partial charge in [0.1, 0.15) is 5.82 Å². The van der Waals surface area contributed by atoms with Crippen LogP contribution in [-0.2, 0) is 6.42 Å². The molecule has 30 heavy (non-hydrogen) atoms. The van der Waals surface area contributed by atoms with E-state index in [1.807, 2.05) is 17.0 Å². The Morgan fingerprint density at radius 1 is 1.00 bits per heavy atom. The Morgan fingerprint density at radius 3 is 2.63 bits per heavy atom. The normalized spacial score (nSPS) is 23.5. The molecule has 0 aromatic heterocycles. The van der Waals surface area contributed by atoms with Gasteiger partial charge in [0.2, 0.25) is 0 Å². The molecule has 2 amide bonds. The summed E-state index contributed by atoms with van der Waals surface area (Å²) in [6.45, 7) is 0. The molecule has 3 nitrogen and oxygen atoms in total. The van der Waals surface area contributed by atoms with E-state index in [9.17, 15) is 9.18 Å². The molecule has 2 heterocycles. The zero-order chi connectivity index (χ0) is 20.7. The summed E-state index contributed by atoms with van der Waals surface area (Å²) in [5, 5.41) is 0. The summed E-state index contributed by atoms with van der Waals surface area (Å²) in [6.07, 6.45) is 0.860. The highest BCUT2D eigenvalue weighted by Gasteiger charge is 2.52. The van der Waals surface area contributed by atoms with E-state index in [2.05, 4.69) is 56.1 Å². The van der Waals surface area contributed by atoms with Crippen molar-refractivity contribution < 1.29 is 9.18 Å². The number of urea groups is 1. The zero-order valence-electron chi connectivity index (χ0n) is 16.1. The van der Waals surface area contributed by atoms with E-state index >= 15 is 0 Å². The highest BCUT2D eigenvalue weighted by Crippen LogP contribution is 2.59. The van der Waals surface area contributed by atoms with Crippen molar-refractivity contribution in [1.82, 2.24) is 0 Å². The van der Waals surface area contributed by atoms with Crippen LogP contribution in [-0.4, -0.2) is 13.1 Å². The second-order valence-corrected chi connectivity index (χ2v) is 10.00. The SMILES string of the molecule is CN1C(=O)N2c3ccc(F)cc3[C@H]3c4ccccc4C[C@H]3[C@H]2c2cc(Br)cc(Br)c21. The van der Waals surface area contributed by atoms with E-state index in [0.717, 1.165) is 37.9 Å². The minimum absolute atomic E-state index is 0.0648. The number of carbonyl (C=O) groups excluding carboxylic acids is 1. The molecule has 0 saturated heterocycles. The fraction of sp³-hybridized carbons (Fsp3) is 0.208. The minimum Gasteiger partial charge on any atom is -0.296 e. The number of halogens is 3. The topological polar surface area (TPSA) is 23.6 Å². The van der Waals surface area contributed by atoms with Gasteiger partial charge in [0.25, 0.3) is 0 Å². The molecule has 2 aliphatic heterocycles. The number of nitrogens with zero attached hydrogens (tertiary/aromatic N) is 2. The van der Waals surface area contributed by atoms with Crippen molar-refractivity contribution in [3.8, 4) is 0 Å². The van der Waals surface area contributed by atoms with Gasteiger partial charge in [0.15, 0.2) is 0 Å². The molecule has 1 aliphatic carbocycles. The van der Waals surface area contributed by atoms with Crippen molar-refractivity contribution in [3.63, 3.8) is 0 Å². The van der Waals surface area contributed by atoms with Crippen LogP contribution in [0.1, 0.15) is 34.2 Å². The predicted octanol–water partition coefficient (Wildman–Crippen LogP) is 6.79. The third-order valence-electron chi connectivity index (χ3n) is 6.75. The fourth-order valence-electron chi connectivity index (χ4n) is 5.67. The first-order valence-corrected chi connectivity index (χ1v) is 11.5. The van der Waals surface area contributed by atoms with Crippen molar-refractivity contribution in [3.05, 3.63) is 91.6 Å². The van der Waals surface area contributed by atoms with Crippen LogP contribution < -0.4 is 9.80 Å². The lowest BCUT2D eigenvalue weighted by molar-refractivity contribution is 0.241. The molecule has 3 aromatic carbocycles. The Morgan fingerprint density at radius 2 is 1.80 bits per heavy atom. The van der Waals surface area contributed by atoms with E-state index in [1.165, 1.54) is 17.2 Å². The molecule has 0 bridgehead atoms. The molecule has 0 unspecified atom stereocenters. The summed E-state index contributed by atoms with van der Waals surface area (Å²) >= 11 is 7.30. The quantitative estimate of drug-likeness (QED) is 0.316. The highest BCUT2D eigenvalue weighted by atomic mass is 79.9. The lowest BCUT2D eigenvalue weighted by Gasteiger charge is -2.49. The molecule has 3 aromatic rings. The summed E-state index contributed by atoms with van der Waals surface area (Å²) in [7, 11) is 1.80. The maximum Gasteiger partial charge on any atom is 0.329 e. The third-order valence-corrected chi connectivity index (χ3v) is 7.81. The number of fused-ring (bicyclic) bond motifs is 10. The van der Waals surface area contributed by atoms with Gasteiger partial charge in [-0.15, -0.1) is 0 Å². The summed E-state index contributed by atoms with van der Waals surface area (Å²) in [5.41, 5.74) is 6.25. The molecule has 0 saturated carbocycles. The number of rotatable bonds is 0. The molecule has 3 atom stereocenters. The van der Waals surface area contributed by atoms with Crippen LogP contribution in [0.5, 0.6) is 0 Å². The number of amides is 2. The average Bonchev–Trinajstić information content (AvgIpc) is 3.10. The number of anilines is 2. The van der Waals surface area contributed by atoms with Crippen LogP contribution in [0.15, 0.2) is 63.5 Å². The Bertz CT molecular complexity index is 1240. The maximum absolute atomic E-state index is 14.3. The van der Waals surface area contributed by atoms with E-state index in [-0.39, 0.29) is 29.7 Å². The molecule has 3 aliphatic rings. The summed E-state index contributed by atoms with van der Waals surface area (Å²) in [5.74, 6) is -0.0525. The number of hydrogen-bond donors (Lipinski definition) is 0. The Kier molecular flexibility index (Phi) is 3.97. The van der Waals surface area contributed by atoms with Crippen molar-refractivity contribution in [2.75, 3.05) is 16.8 Å². The van der Waals surface area contributed by atoms with Gasteiger partial charge in [0, 0.05) is 27.5 Å². The monoisotopic (exact) mass is 526 g/mol. The standard InChI is InChI=1S/C24H17Br2FN2O/c1-28-23-18(9-13(25)10-19(23)26)22-17-8-12-4-2-3-5-15(12)21(17)16-11-14(27)6-7-20(16)29(22)24(28)30/h2-7,9-11,17,21-22H,8H2,1H3/t17-,21-,22+/m1/s1.